The Hall–Kier alpha value is -3.22. The first-order valence-electron chi connectivity index (χ1n) is 8.38. The Labute approximate surface area is 150 Å². The molecule has 0 saturated carbocycles. The number of rotatable bonds is 3. The summed E-state index contributed by atoms with van der Waals surface area (Å²) in [6.07, 6.45) is 4.16. The minimum Gasteiger partial charge on any atom is -0.497 e. The first kappa shape index (κ1) is 16.3. The van der Waals surface area contributed by atoms with Gasteiger partial charge in [-0.1, -0.05) is 0 Å². The Morgan fingerprint density at radius 2 is 2.00 bits per heavy atom. The summed E-state index contributed by atoms with van der Waals surface area (Å²) in [5.41, 5.74) is 4.28. The number of fused-ring (bicyclic) bond motifs is 3. The highest BCUT2D eigenvalue weighted by atomic mass is 16.5. The summed E-state index contributed by atoms with van der Waals surface area (Å²) in [4.78, 5) is 20.8. The third-order valence-electron chi connectivity index (χ3n) is 4.66. The van der Waals surface area contributed by atoms with Crippen LogP contribution >= 0.6 is 0 Å². The van der Waals surface area contributed by atoms with Crippen molar-refractivity contribution in [2.45, 2.75) is 19.3 Å². The Morgan fingerprint density at radius 3 is 2.69 bits per heavy atom. The summed E-state index contributed by atoms with van der Waals surface area (Å²) in [5.74, 6) is 0.357. The first-order chi connectivity index (χ1) is 12.6. The molecule has 4 rings (SSSR count). The molecule has 2 heterocycles. The van der Waals surface area contributed by atoms with E-state index in [1.54, 1.807) is 18.8 Å². The van der Waals surface area contributed by atoms with Crippen LogP contribution in [-0.4, -0.2) is 37.9 Å². The van der Waals surface area contributed by atoms with Crippen molar-refractivity contribution in [2.24, 2.45) is 7.05 Å². The van der Waals surface area contributed by atoms with Crippen molar-refractivity contribution in [3.05, 3.63) is 47.3 Å². The molecule has 0 bridgehead atoms. The molecule has 1 aliphatic carbocycles. The average molecular weight is 350 g/mol. The SMILES string of the molecule is COc1ccc(-c2ncc3c(n2)-c2c(c(C(=O)O)nn2C)CCC3)cc1. The van der Waals surface area contributed by atoms with Crippen LogP contribution in [0.1, 0.15) is 28.0 Å². The van der Waals surface area contributed by atoms with Gasteiger partial charge in [0, 0.05) is 24.4 Å². The van der Waals surface area contributed by atoms with E-state index in [1.807, 2.05) is 30.5 Å². The van der Waals surface area contributed by atoms with Crippen LogP contribution in [0.4, 0.5) is 0 Å². The zero-order chi connectivity index (χ0) is 18.3. The number of aryl methyl sites for hydroxylation is 2. The second kappa shape index (κ2) is 6.25. The number of carboxylic acids is 1. The zero-order valence-electron chi connectivity index (χ0n) is 14.6. The predicted octanol–water partition coefficient (Wildman–Crippen LogP) is 2.74. The average Bonchev–Trinajstić information content (AvgIpc) is 2.86. The molecular formula is C19H18N4O3. The Kier molecular flexibility index (Phi) is 3.91. The molecule has 0 amide bonds. The number of carbonyl (C=O) groups is 1. The molecule has 0 spiro atoms. The van der Waals surface area contributed by atoms with Crippen LogP contribution in [0.15, 0.2) is 30.5 Å². The van der Waals surface area contributed by atoms with E-state index in [1.165, 1.54) is 0 Å². The van der Waals surface area contributed by atoms with Crippen molar-refractivity contribution >= 4 is 5.97 Å². The molecule has 1 aromatic carbocycles. The second-order valence-corrected chi connectivity index (χ2v) is 6.25. The van der Waals surface area contributed by atoms with Gasteiger partial charge in [-0.25, -0.2) is 14.8 Å². The fraction of sp³-hybridized carbons (Fsp3) is 0.263. The van der Waals surface area contributed by atoms with E-state index in [0.29, 0.717) is 12.2 Å². The topological polar surface area (TPSA) is 90.1 Å². The van der Waals surface area contributed by atoms with E-state index in [9.17, 15) is 9.90 Å². The summed E-state index contributed by atoms with van der Waals surface area (Å²) >= 11 is 0. The lowest BCUT2D eigenvalue weighted by molar-refractivity contribution is 0.0688. The van der Waals surface area contributed by atoms with Gasteiger partial charge in [0.15, 0.2) is 11.5 Å². The molecule has 0 radical (unpaired) electrons. The first-order valence-corrected chi connectivity index (χ1v) is 8.38. The Morgan fingerprint density at radius 1 is 1.23 bits per heavy atom. The number of nitrogens with zero attached hydrogens (tertiary/aromatic N) is 4. The van der Waals surface area contributed by atoms with Crippen LogP contribution in [0.3, 0.4) is 0 Å². The van der Waals surface area contributed by atoms with Gasteiger partial charge in [-0.15, -0.1) is 0 Å². The summed E-state index contributed by atoms with van der Waals surface area (Å²) in [6.45, 7) is 0. The quantitative estimate of drug-likeness (QED) is 0.781. The molecule has 1 aliphatic rings. The highest BCUT2D eigenvalue weighted by Crippen LogP contribution is 2.33. The number of aromatic carboxylic acids is 1. The van der Waals surface area contributed by atoms with Gasteiger partial charge >= 0.3 is 5.97 Å². The molecule has 7 heteroatoms. The van der Waals surface area contributed by atoms with Gasteiger partial charge in [-0.2, -0.15) is 5.10 Å². The van der Waals surface area contributed by atoms with Crippen molar-refractivity contribution in [2.75, 3.05) is 7.11 Å². The van der Waals surface area contributed by atoms with Crippen LogP contribution in [-0.2, 0) is 19.9 Å². The molecule has 2 aromatic heterocycles. The standard InChI is InChI=1S/C19H18N4O3/c1-23-17-14(16(22-23)19(24)25)5-3-4-12-10-20-18(21-15(12)17)11-6-8-13(26-2)9-7-11/h6-10H,3-5H2,1-2H3,(H,24,25). The number of hydrogen-bond donors (Lipinski definition) is 1. The summed E-state index contributed by atoms with van der Waals surface area (Å²) in [5, 5.41) is 13.7. The molecule has 3 aromatic rings. The smallest absolute Gasteiger partial charge is 0.356 e. The summed E-state index contributed by atoms with van der Waals surface area (Å²) < 4.78 is 6.81. The highest BCUT2D eigenvalue weighted by molar-refractivity contribution is 5.90. The van der Waals surface area contributed by atoms with E-state index < -0.39 is 5.97 Å². The van der Waals surface area contributed by atoms with Crippen molar-refractivity contribution < 1.29 is 14.6 Å². The molecule has 0 atom stereocenters. The number of methoxy groups -OCH3 is 1. The molecule has 0 saturated heterocycles. The minimum atomic E-state index is -1.00. The van der Waals surface area contributed by atoms with E-state index in [2.05, 4.69) is 10.1 Å². The van der Waals surface area contributed by atoms with E-state index >= 15 is 0 Å². The number of carboxylic acid groups (broad SMARTS) is 1. The zero-order valence-corrected chi connectivity index (χ0v) is 14.6. The highest BCUT2D eigenvalue weighted by Gasteiger charge is 2.27. The Balaban J connectivity index is 1.87. The van der Waals surface area contributed by atoms with E-state index in [4.69, 9.17) is 9.72 Å². The van der Waals surface area contributed by atoms with Crippen molar-refractivity contribution in [1.82, 2.24) is 19.7 Å². The number of hydrogen-bond acceptors (Lipinski definition) is 5. The van der Waals surface area contributed by atoms with Crippen molar-refractivity contribution in [3.8, 4) is 28.5 Å². The van der Waals surface area contributed by atoms with E-state index in [-0.39, 0.29) is 5.69 Å². The van der Waals surface area contributed by atoms with Crippen LogP contribution in [0.5, 0.6) is 5.75 Å². The normalized spacial score (nSPS) is 12.8. The lowest BCUT2D eigenvalue weighted by Gasteiger charge is -2.09. The van der Waals surface area contributed by atoms with Crippen LogP contribution in [0.2, 0.25) is 0 Å². The molecule has 0 unspecified atom stereocenters. The lowest BCUT2D eigenvalue weighted by atomic mass is 10.1. The molecule has 132 valence electrons. The number of ether oxygens (including phenoxy) is 1. The lowest BCUT2D eigenvalue weighted by Crippen LogP contribution is -2.03. The van der Waals surface area contributed by atoms with Crippen LogP contribution in [0.25, 0.3) is 22.8 Å². The van der Waals surface area contributed by atoms with Gasteiger partial charge in [0.1, 0.15) is 5.75 Å². The molecule has 26 heavy (non-hydrogen) atoms. The monoisotopic (exact) mass is 350 g/mol. The van der Waals surface area contributed by atoms with Crippen LogP contribution < -0.4 is 4.74 Å². The van der Waals surface area contributed by atoms with Gasteiger partial charge in [-0.3, -0.25) is 4.68 Å². The van der Waals surface area contributed by atoms with E-state index in [0.717, 1.165) is 46.7 Å². The molecule has 1 N–H and O–H groups in total. The van der Waals surface area contributed by atoms with Gasteiger partial charge in [0.25, 0.3) is 0 Å². The number of aromatic nitrogens is 4. The maximum Gasteiger partial charge on any atom is 0.356 e. The minimum absolute atomic E-state index is 0.111. The van der Waals surface area contributed by atoms with Gasteiger partial charge < -0.3 is 9.84 Å². The molecule has 0 fully saturated rings. The summed E-state index contributed by atoms with van der Waals surface area (Å²) in [6, 6.07) is 7.54. The third-order valence-corrected chi connectivity index (χ3v) is 4.66. The van der Waals surface area contributed by atoms with Gasteiger partial charge in [0.05, 0.1) is 18.5 Å². The largest absolute Gasteiger partial charge is 0.497 e. The molecule has 7 nitrogen and oxygen atoms in total. The van der Waals surface area contributed by atoms with Crippen molar-refractivity contribution in [1.29, 1.82) is 0 Å². The fourth-order valence-corrected chi connectivity index (χ4v) is 3.40. The van der Waals surface area contributed by atoms with Crippen molar-refractivity contribution in [3.63, 3.8) is 0 Å². The fourth-order valence-electron chi connectivity index (χ4n) is 3.40. The second-order valence-electron chi connectivity index (χ2n) is 6.25. The third kappa shape index (κ3) is 2.61. The Bertz CT molecular complexity index is 993. The maximum atomic E-state index is 11.5. The van der Waals surface area contributed by atoms with Crippen LogP contribution in [0, 0.1) is 0 Å². The van der Waals surface area contributed by atoms with Gasteiger partial charge in [-0.05, 0) is 49.1 Å². The van der Waals surface area contributed by atoms with Gasteiger partial charge in [0.2, 0.25) is 0 Å². The predicted molar refractivity (Wildman–Crippen MR) is 95.2 cm³/mol. The maximum absolute atomic E-state index is 11.5. The number of benzene rings is 1. The molecular weight excluding hydrogens is 332 g/mol. The summed E-state index contributed by atoms with van der Waals surface area (Å²) in [7, 11) is 3.38. The molecule has 0 aliphatic heterocycles.